The van der Waals surface area contributed by atoms with Crippen molar-refractivity contribution in [1.29, 1.82) is 5.26 Å². The molecule has 0 aliphatic carbocycles. The number of nitrogens with one attached hydrogen (secondary N) is 3. The topological polar surface area (TPSA) is 80.3 Å². The largest absolute Gasteiger partial charge is 0.361 e. The van der Waals surface area contributed by atoms with Crippen molar-refractivity contribution in [1.82, 2.24) is 15.0 Å². The van der Waals surface area contributed by atoms with Gasteiger partial charge in [0.1, 0.15) is 10.9 Å². The summed E-state index contributed by atoms with van der Waals surface area (Å²) in [5, 5.41) is 16.6. The van der Waals surface area contributed by atoms with Crippen molar-refractivity contribution in [2.24, 2.45) is 0 Å². The predicted molar refractivity (Wildman–Crippen MR) is 128 cm³/mol. The number of hydrogen-bond acceptors (Lipinski definition) is 4. The third-order valence-electron chi connectivity index (χ3n) is 5.81. The van der Waals surface area contributed by atoms with E-state index in [0.29, 0.717) is 5.56 Å². The van der Waals surface area contributed by atoms with Gasteiger partial charge in [0.25, 0.3) is 0 Å². The van der Waals surface area contributed by atoms with Crippen LogP contribution in [0, 0.1) is 18.3 Å². The Labute approximate surface area is 182 Å². The van der Waals surface area contributed by atoms with E-state index in [9.17, 15) is 5.26 Å². The van der Waals surface area contributed by atoms with Crippen molar-refractivity contribution in [2.75, 3.05) is 5.32 Å². The number of nitriles is 1. The summed E-state index contributed by atoms with van der Waals surface area (Å²) in [6.07, 6.45) is 5.56. The summed E-state index contributed by atoms with van der Waals surface area (Å²) in [4.78, 5) is 13.1. The van der Waals surface area contributed by atoms with Gasteiger partial charge in [0.05, 0.1) is 11.3 Å². The number of pyridine rings is 1. The molecule has 4 aromatic heterocycles. The zero-order valence-corrected chi connectivity index (χ0v) is 17.5. The molecule has 148 valence electrons. The number of H-pyrrole nitrogens is 2. The second-order valence-corrected chi connectivity index (χ2v) is 8.57. The van der Waals surface area contributed by atoms with Crippen molar-refractivity contribution >= 4 is 54.7 Å². The standard InChI is InChI=1S/C25H17N5S/c1-14-16-7-9-28-22(16)6-5-20(14)30-24-15(12-26)13-29-25-19(24)11-23(31-25)18-3-2-4-21-17(18)8-10-27-21/h2-11,13,27-28H,1H3,(H,29,30). The maximum atomic E-state index is 9.77. The van der Waals surface area contributed by atoms with E-state index in [-0.39, 0.29) is 0 Å². The molecule has 0 saturated heterocycles. The fourth-order valence-corrected chi connectivity index (χ4v) is 5.25. The number of aromatic nitrogens is 3. The molecule has 0 spiro atoms. The average molecular weight is 420 g/mol. The zero-order chi connectivity index (χ0) is 20.9. The molecule has 31 heavy (non-hydrogen) atoms. The van der Waals surface area contributed by atoms with E-state index >= 15 is 0 Å². The summed E-state index contributed by atoms with van der Waals surface area (Å²) in [6.45, 7) is 2.09. The molecule has 0 aliphatic rings. The van der Waals surface area contributed by atoms with Gasteiger partial charge in [-0.1, -0.05) is 12.1 Å². The van der Waals surface area contributed by atoms with Crippen LogP contribution >= 0.6 is 11.3 Å². The van der Waals surface area contributed by atoms with Crippen LogP contribution in [0.25, 0.3) is 42.5 Å². The van der Waals surface area contributed by atoms with Crippen LogP contribution in [0.1, 0.15) is 11.1 Å². The summed E-state index contributed by atoms with van der Waals surface area (Å²) >= 11 is 1.64. The summed E-state index contributed by atoms with van der Waals surface area (Å²) in [5.74, 6) is 0. The van der Waals surface area contributed by atoms with Gasteiger partial charge in [0.15, 0.2) is 0 Å². The van der Waals surface area contributed by atoms with Gasteiger partial charge in [-0.3, -0.25) is 0 Å². The number of rotatable bonds is 3. The fourth-order valence-electron chi connectivity index (χ4n) is 4.20. The lowest BCUT2D eigenvalue weighted by Crippen LogP contribution is -1.97. The number of benzene rings is 2. The first kappa shape index (κ1) is 17.8. The number of thiophene rings is 1. The quantitative estimate of drug-likeness (QED) is 0.293. The van der Waals surface area contributed by atoms with Gasteiger partial charge in [-0.2, -0.15) is 5.26 Å². The van der Waals surface area contributed by atoms with Gasteiger partial charge in [0, 0.05) is 61.9 Å². The Morgan fingerprint density at radius 3 is 2.61 bits per heavy atom. The van der Waals surface area contributed by atoms with Crippen molar-refractivity contribution in [3.63, 3.8) is 0 Å². The lowest BCUT2D eigenvalue weighted by atomic mass is 10.1. The molecule has 0 amide bonds. The predicted octanol–water partition coefficient (Wildman–Crippen LogP) is 6.85. The Bertz CT molecular complexity index is 1640. The minimum Gasteiger partial charge on any atom is -0.361 e. The molecule has 0 atom stereocenters. The minimum absolute atomic E-state index is 0.533. The molecule has 0 saturated carbocycles. The van der Waals surface area contributed by atoms with Crippen LogP contribution in [0.15, 0.2) is 67.1 Å². The molecule has 6 rings (SSSR count). The molecule has 6 heteroatoms. The molecule has 5 nitrogen and oxygen atoms in total. The van der Waals surface area contributed by atoms with Gasteiger partial charge in [-0.15, -0.1) is 11.3 Å². The summed E-state index contributed by atoms with van der Waals surface area (Å²) < 4.78 is 0. The fraction of sp³-hybridized carbons (Fsp3) is 0.0400. The Hall–Kier alpha value is -4.08. The second kappa shape index (κ2) is 6.73. The highest BCUT2D eigenvalue weighted by atomic mass is 32.1. The number of fused-ring (bicyclic) bond motifs is 3. The summed E-state index contributed by atoms with van der Waals surface area (Å²) in [6, 6.07) is 19.0. The molecule has 4 heterocycles. The Morgan fingerprint density at radius 2 is 1.77 bits per heavy atom. The van der Waals surface area contributed by atoms with Crippen molar-refractivity contribution < 1.29 is 0 Å². The smallest absolute Gasteiger partial charge is 0.126 e. The SMILES string of the molecule is Cc1c(Nc2c(C#N)cnc3sc(-c4cccc5[nH]ccc45)cc23)ccc2[nH]ccc12. The number of aryl methyl sites for hydroxylation is 1. The average Bonchev–Trinajstić information content (AvgIpc) is 3.54. The highest BCUT2D eigenvalue weighted by Crippen LogP contribution is 2.41. The zero-order valence-electron chi connectivity index (χ0n) is 16.7. The summed E-state index contributed by atoms with van der Waals surface area (Å²) in [7, 11) is 0. The highest BCUT2D eigenvalue weighted by Gasteiger charge is 2.16. The molecule has 6 aromatic rings. The molecule has 0 unspecified atom stereocenters. The van der Waals surface area contributed by atoms with Crippen molar-refractivity contribution in [3.8, 4) is 16.5 Å². The van der Waals surface area contributed by atoms with Crippen LogP contribution < -0.4 is 5.32 Å². The Morgan fingerprint density at radius 1 is 0.968 bits per heavy atom. The maximum absolute atomic E-state index is 9.77. The molecular weight excluding hydrogens is 402 g/mol. The van der Waals surface area contributed by atoms with E-state index < -0.39 is 0 Å². The van der Waals surface area contributed by atoms with E-state index in [1.54, 1.807) is 17.5 Å². The second-order valence-electron chi connectivity index (χ2n) is 7.53. The van der Waals surface area contributed by atoms with E-state index in [4.69, 9.17) is 0 Å². The van der Waals surface area contributed by atoms with Gasteiger partial charge in [0.2, 0.25) is 0 Å². The molecule has 3 N–H and O–H groups in total. The van der Waals surface area contributed by atoms with Crippen LogP contribution in [0.2, 0.25) is 0 Å². The highest BCUT2D eigenvalue weighted by molar-refractivity contribution is 7.22. The van der Waals surface area contributed by atoms with Crippen LogP contribution in [0.4, 0.5) is 11.4 Å². The molecule has 0 radical (unpaired) electrons. The molecule has 0 fully saturated rings. The van der Waals surface area contributed by atoms with Gasteiger partial charge >= 0.3 is 0 Å². The minimum atomic E-state index is 0.533. The van der Waals surface area contributed by atoms with Gasteiger partial charge < -0.3 is 15.3 Å². The van der Waals surface area contributed by atoms with Crippen LogP contribution in [0.3, 0.4) is 0 Å². The van der Waals surface area contributed by atoms with Gasteiger partial charge in [-0.05, 0) is 48.9 Å². The molecule has 2 aromatic carbocycles. The monoisotopic (exact) mass is 419 g/mol. The number of anilines is 2. The number of hydrogen-bond donors (Lipinski definition) is 3. The Balaban J connectivity index is 1.54. The van der Waals surface area contributed by atoms with E-state index in [1.165, 1.54) is 10.8 Å². The first-order chi connectivity index (χ1) is 15.2. The van der Waals surface area contributed by atoms with E-state index in [1.807, 2.05) is 12.4 Å². The number of nitrogens with zero attached hydrogens (tertiary/aromatic N) is 2. The molecular formula is C25H17N5S. The lowest BCUT2D eigenvalue weighted by molar-refractivity contribution is 1.38. The molecule has 0 bridgehead atoms. The van der Waals surface area contributed by atoms with Crippen molar-refractivity contribution in [3.05, 3.63) is 78.2 Å². The van der Waals surface area contributed by atoms with E-state index in [0.717, 1.165) is 48.6 Å². The van der Waals surface area contributed by atoms with Crippen LogP contribution in [-0.2, 0) is 0 Å². The summed E-state index contributed by atoms with van der Waals surface area (Å²) in [5.41, 5.74) is 6.82. The maximum Gasteiger partial charge on any atom is 0.126 e. The van der Waals surface area contributed by atoms with E-state index in [2.05, 4.69) is 81.8 Å². The first-order valence-electron chi connectivity index (χ1n) is 9.96. The third kappa shape index (κ3) is 2.71. The van der Waals surface area contributed by atoms with Crippen LogP contribution in [-0.4, -0.2) is 15.0 Å². The number of aromatic amines is 2. The lowest BCUT2D eigenvalue weighted by Gasteiger charge is -2.12. The normalized spacial score (nSPS) is 11.4. The third-order valence-corrected chi connectivity index (χ3v) is 6.88. The van der Waals surface area contributed by atoms with Crippen molar-refractivity contribution in [2.45, 2.75) is 6.92 Å². The van der Waals surface area contributed by atoms with Gasteiger partial charge in [-0.25, -0.2) is 4.98 Å². The Kier molecular flexibility index (Phi) is 3.85. The first-order valence-corrected chi connectivity index (χ1v) is 10.8. The van der Waals surface area contributed by atoms with Crippen LogP contribution in [0.5, 0.6) is 0 Å². The molecule has 0 aliphatic heterocycles.